The number of fused-ring (bicyclic) bond motifs is 1. The zero-order valence-electron chi connectivity index (χ0n) is 10.2. The molecule has 0 aliphatic rings. The normalized spacial score (nSPS) is 12.9. The lowest BCUT2D eigenvalue weighted by Crippen LogP contribution is -2.47. The fourth-order valence-electron chi connectivity index (χ4n) is 1.55. The van der Waals surface area contributed by atoms with Gasteiger partial charge >= 0.3 is 17.9 Å². The van der Waals surface area contributed by atoms with Crippen molar-refractivity contribution in [2.75, 3.05) is 0 Å². The molecule has 0 saturated carbocycles. The van der Waals surface area contributed by atoms with Crippen molar-refractivity contribution in [3.8, 4) is 5.88 Å². The van der Waals surface area contributed by atoms with Crippen LogP contribution in [0.25, 0.3) is 11.0 Å². The van der Waals surface area contributed by atoms with Gasteiger partial charge in [-0.15, -0.1) is 0 Å². The smallest absolute Gasteiger partial charge is 0.434 e. The maximum absolute atomic E-state index is 12.9. The molecule has 22 heavy (non-hydrogen) atoms. The van der Waals surface area contributed by atoms with Gasteiger partial charge in [0.15, 0.2) is 0 Å². The number of rotatable bonds is 2. The van der Waals surface area contributed by atoms with Crippen LogP contribution in [0.2, 0.25) is 0 Å². The third-order valence-electron chi connectivity index (χ3n) is 2.45. The van der Waals surface area contributed by atoms with E-state index in [9.17, 15) is 35.5 Å². The first-order valence-electron chi connectivity index (χ1n) is 5.48. The topological polar surface area (TPSA) is 55.0 Å². The largest absolute Gasteiger partial charge is 0.451 e. The summed E-state index contributed by atoms with van der Waals surface area (Å²) in [6, 6.07) is 2.63. The Kier molecular flexibility index (Phi) is 3.75. The van der Waals surface area contributed by atoms with Crippen LogP contribution in [-0.2, 0) is 0 Å². The van der Waals surface area contributed by atoms with Crippen molar-refractivity contribution in [1.82, 2.24) is 9.97 Å². The van der Waals surface area contributed by atoms with Gasteiger partial charge in [-0.25, -0.2) is 9.37 Å². The van der Waals surface area contributed by atoms with Crippen molar-refractivity contribution < 1.29 is 35.5 Å². The highest BCUT2D eigenvalue weighted by Gasteiger charge is 2.59. The first-order chi connectivity index (χ1) is 9.98. The third-order valence-corrected chi connectivity index (χ3v) is 2.45. The highest BCUT2D eigenvalue weighted by molar-refractivity contribution is 5.74. The minimum absolute atomic E-state index is 0.201. The molecule has 1 aromatic heterocycles. The molecule has 0 aliphatic carbocycles. The quantitative estimate of drug-likeness (QED) is 0.862. The molecule has 0 radical (unpaired) electrons. The Morgan fingerprint density at radius 3 is 2.23 bits per heavy atom. The molecule has 2 rings (SSSR count). The average Bonchev–Trinajstić information content (AvgIpc) is 2.33. The van der Waals surface area contributed by atoms with E-state index in [0.29, 0.717) is 0 Å². The summed E-state index contributed by atoms with van der Waals surface area (Å²) in [4.78, 5) is 16.6. The molecule has 0 unspecified atom stereocenters. The van der Waals surface area contributed by atoms with Gasteiger partial charge in [0.25, 0.3) is 12.0 Å². The second-order valence-electron chi connectivity index (χ2n) is 4.11. The van der Waals surface area contributed by atoms with Gasteiger partial charge in [0, 0.05) is 0 Å². The van der Waals surface area contributed by atoms with Crippen molar-refractivity contribution in [2.24, 2.45) is 0 Å². The first-order valence-corrected chi connectivity index (χ1v) is 5.48. The van der Waals surface area contributed by atoms with Crippen LogP contribution in [0.5, 0.6) is 5.88 Å². The summed E-state index contributed by atoms with van der Waals surface area (Å²) in [6.45, 7) is 0. The number of alkyl halides is 6. The summed E-state index contributed by atoms with van der Waals surface area (Å²) in [5.41, 5.74) is -1.89. The number of H-pyrrole nitrogens is 1. The van der Waals surface area contributed by atoms with Crippen molar-refractivity contribution in [2.45, 2.75) is 18.5 Å². The van der Waals surface area contributed by atoms with Gasteiger partial charge in [-0.05, 0) is 18.2 Å². The Balaban J connectivity index is 2.48. The van der Waals surface area contributed by atoms with E-state index in [4.69, 9.17) is 0 Å². The van der Waals surface area contributed by atoms with E-state index in [2.05, 4.69) is 9.72 Å². The molecule has 0 amide bonds. The zero-order chi connectivity index (χ0) is 16.7. The highest BCUT2D eigenvalue weighted by Crippen LogP contribution is 2.35. The van der Waals surface area contributed by atoms with Crippen LogP contribution in [-0.4, -0.2) is 28.4 Å². The molecule has 120 valence electrons. The monoisotopic (exact) mass is 330 g/mol. The van der Waals surface area contributed by atoms with E-state index in [-0.39, 0.29) is 11.0 Å². The van der Waals surface area contributed by atoms with Gasteiger partial charge in [-0.1, -0.05) is 0 Å². The molecule has 0 atom stereocenters. The summed E-state index contributed by atoms with van der Waals surface area (Å²) < 4.78 is 90.8. The SMILES string of the molecule is O=c1[nH]c2cc(F)ccc2nc1OC(C(F)(F)F)C(F)(F)F. The zero-order valence-corrected chi connectivity index (χ0v) is 10.2. The number of benzene rings is 1. The maximum Gasteiger partial charge on any atom is 0.434 e. The molecule has 2 aromatic rings. The Morgan fingerprint density at radius 2 is 1.68 bits per heavy atom. The minimum Gasteiger partial charge on any atom is -0.451 e. The second kappa shape index (κ2) is 5.14. The Labute approximate surface area is 116 Å². The second-order valence-corrected chi connectivity index (χ2v) is 4.11. The molecular formula is C11H5F7N2O2. The van der Waals surface area contributed by atoms with E-state index < -0.39 is 35.7 Å². The van der Waals surface area contributed by atoms with Crippen molar-refractivity contribution in [3.05, 3.63) is 34.4 Å². The number of ether oxygens (including phenoxy) is 1. The molecule has 0 saturated heterocycles. The Bertz CT molecular complexity index is 737. The summed E-state index contributed by atoms with van der Waals surface area (Å²) in [5.74, 6) is -2.19. The predicted octanol–water partition coefficient (Wildman–Crippen LogP) is 2.93. The van der Waals surface area contributed by atoms with Crippen LogP contribution < -0.4 is 10.3 Å². The highest BCUT2D eigenvalue weighted by atomic mass is 19.4. The van der Waals surface area contributed by atoms with E-state index in [1.165, 1.54) is 0 Å². The van der Waals surface area contributed by atoms with Crippen LogP contribution in [0, 0.1) is 5.82 Å². The Morgan fingerprint density at radius 1 is 1.09 bits per heavy atom. The molecule has 0 aliphatic heterocycles. The number of halogens is 7. The summed E-state index contributed by atoms with van der Waals surface area (Å²) >= 11 is 0. The number of hydrogen-bond donors (Lipinski definition) is 1. The van der Waals surface area contributed by atoms with Gasteiger partial charge in [0.1, 0.15) is 5.82 Å². The first kappa shape index (κ1) is 16.0. The summed E-state index contributed by atoms with van der Waals surface area (Å²) in [5, 5.41) is 0. The fraction of sp³-hybridized carbons (Fsp3) is 0.273. The Hall–Kier alpha value is -2.33. The molecular weight excluding hydrogens is 325 g/mol. The molecule has 4 nitrogen and oxygen atoms in total. The van der Waals surface area contributed by atoms with Gasteiger partial charge in [-0.3, -0.25) is 4.79 Å². The lowest BCUT2D eigenvalue weighted by atomic mass is 10.3. The van der Waals surface area contributed by atoms with Crippen LogP contribution in [0.1, 0.15) is 0 Å². The number of nitrogens with one attached hydrogen (secondary N) is 1. The van der Waals surface area contributed by atoms with Crippen molar-refractivity contribution in [1.29, 1.82) is 0 Å². The van der Waals surface area contributed by atoms with E-state index in [1.807, 2.05) is 4.98 Å². The van der Waals surface area contributed by atoms with Gasteiger partial charge in [0.2, 0.25) is 0 Å². The van der Waals surface area contributed by atoms with Crippen molar-refractivity contribution >= 4 is 11.0 Å². The minimum atomic E-state index is -5.79. The van der Waals surface area contributed by atoms with Crippen LogP contribution >= 0.6 is 0 Å². The number of aromatic amines is 1. The third kappa shape index (κ3) is 3.28. The molecule has 0 fully saturated rings. The average molecular weight is 330 g/mol. The van der Waals surface area contributed by atoms with E-state index >= 15 is 0 Å². The maximum atomic E-state index is 12.9. The molecule has 1 heterocycles. The lowest BCUT2D eigenvalue weighted by molar-refractivity contribution is -0.300. The molecule has 0 spiro atoms. The van der Waals surface area contributed by atoms with Crippen LogP contribution in [0.4, 0.5) is 30.7 Å². The van der Waals surface area contributed by atoms with Crippen LogP contribution in [0.3, 0.4) is 0 Å². The summed E-state index contributed by atoms with van der Waals surface area (Å²) in [6.07, 6.45) is -15.8. The summed E-state index contributed by atoms with van der Waals surface area (Å²) in [7, 11) is 0. The van der Waals surface area contributed by atoms with Crippen LogP contribution in [0.15, 0.2) is 23.0 Å². The molecule has 11 heteroatoms. The predicted molar refractivity (Wildman–Crippen MR) is 58.8 cm³/mol. The van der Waals surface area contributed by atoms with Gasteiger partial charge in [-0.2, -0.15) is 26.3 Å². The fourth-order valence-corrected chi connectivity index (χ4v) is 1.55. The van der Waals surface area contributed by atoms with E-state index in [1.54, 1.807) is 0 Å². The number of hydrogen-bond acceptors (Lipinski definition) is 3. The molecule has 1 aromatic carbocycles. The standard InChI is InChI=1S/C11H5F7N2O2/c12-4-1-2-5-6(3-4)19-7(21)8(20-5)22-9(10(13,14)15)11(16,17)18/h1-3,9H,(H,19,21). The number of nitrogens with zero attached hydrogens (tertiary/aromatic N) is 1. The molecule has 0 bridgehead atoms. The van der Waals surface area contributed by atoms with Crippen molar-refractivity contribution in [3.63, 3.8) is 0 Å². The molecule has 1 N–H and O–H groups in total. The van der Waals surface area contributed by atoms with Gasteiger partial charge in [0.05, 0.1) is 11.0 Å². The van der Waals surface area contributed by atoms with Gasteiger partial charge < -0.3 is 9.72 Å². The number of aromatic nitrogens is 2. The lowest BCUT2D eigenvalue weighted by Gasteiger charge is -2.22. The van der Waals surface area contributed by atoms with E-state index in [0.717, 1.165) is 18.2 Å².